The molecule has 1 aliphatic heterocycles. The second kappa shape index (κ2) is 6.26. The van der Waals surface area contributed by atoms with E-state index in [0.717, 1.165) is 6.42 Å². The van der Waals surface area contributed by atoms with Crippen molar-refractivity contribution in [1.82, 2.24) is 14.7 Å². The Balaban J connectivity index is 2.46. The average molecular weight is 295 g/mol. The van der Waals surface area contributed by atoms with Crippen LogP contribution in [0.4, 0.5) is 0 Å². The number of carbonyl (C=O) groups is 2. The molecule has 1 aromatic rings. The van der Waals surface area contributed by atoms with E-state index in [-0.39, 0.29) is 18.6 Å². The van der Waals surface area contributed by atoms with Crippen molar-refractivity contribution in [2.75, 3.05) is 6.61 Å². The SMILES string of the molecule is CCCn1nccc1C1C(C(=O)O)OCC(=O)N1C(C)C. The zero-order valence-corrected chi connectivity index (χ0v) is 12.5. The molecule has 2 atom stereocenters. The molecule has 2 unspecified atom stereocenters. The number of aliphatic carboxylic acids is 1. The first-order valence-electron chi connectivity index (χ1n) is 7.14. The molecule has 1 fully saturated rings. The van der Waals surface area contributed by atoms with Crippen molar-refractivity contribution in [3.63, 3.8) is 0 Å². The first-order chi connectivity index (χ1) is 9.97. The predicted molar refractivity (Wildman–Crippen MR) is 74.6 cm³/mol. The van der Waals surface area contributed by atoms with E-state index < -0.39 is 18.1 Å². The number of carboxylic acids is 1. The molecule has 0 aliphatic carbocycles. The number of aryl methyl sites for hydroxylation is 1. The lowest BCUT2D eigenvalue weighted by Gasteiger charge is -2.41. The van der Waals surface area contributed by atoms with Crippen LogP contribution in [0, 0.1) is 0 Å². The van der Waals surface area contributed by atoms with E-state index in [9.17, 15) is 14.7 Å². The minimum atomic E-state index is -1.07. The van der Waals surface area contributed by atoms with Gasteiger partial charge >= 0.3 is 5.97 Å². The Kier molecular flexibility index (Phi) is 4.62. The van der Waals surface area contributed by atoms with E-state index in [0.29, 0.717) is 12.2 Å². The highest BCUT2D eigenvalue weighted by atomic mass is 16.5. The van der Waals surface area contributed by atoms with Crippen LogP contribution in [0.2, 0.25) is 0 Å². The highest BCUT2D eigenvalue weighted by Gasteiger charge is 2.44. The lowest BCUT2D eigenvalue weighted by atomic mass is 10.0. The summed E-state index contributed by atoms with van der Waals surface area (Å²) in [5.74, 6) is -1.26. The second-order valence-corrected chi connectivity index (χ2v) is 5.39. The fraction of sp³-hybridized carbons (Fsp3) is 0.643. The molecule has 0 saturated carbocycles. The van der Waals surface area contributed by atoms with Gasteiger partial charge in [0.25, 0.3) is 0 Å². The van der Waals surface area contributed by atoms with Gasteiger partial charge in [-0.3, -0.25) is 9.48 Å². The topological polar surface area (TPSA) is 84.7 Å². The monoisotopic (exact) mass is 295 g/mol. The maximum Gasteiger partial charge on any atom is 0.335 e. The van der Waals surface area contributed by atoms with Crippen LogP contribution < -0.4 is 0 Å². The first kappa shape index (κ1) is 15.5. The van der Waals surface area contributed by atoms with Crippen molar-refractivity contribution in [1.29, 1.82) is 0 Å². The van der Waals surface area contributed by atoms with Gasteiger partial charge < -0.3 is 14.7 Å². The van der Waals surface area contributed by atoms with E-state index in [1.165, 1.54) is 0 Å². The molecule has 1 N–H and O–H groups in total. The Morgan fingerprint density at radius 3 is 2.86 bits per heavy atom. The van der Waals surface area contributed by atoms with Crippen LogP contribution >= 0.6 is 0 Å². The van der Waals surface area contributed by atoms with Crippen LogP contribution in [0.5, 0.6) is 0 Å². The van der Waals surface area contributed by atoms with E-state index >= 15 is 0 Å². The number of carbonyl (C=O) groups excluding carboxylic acids is 1. The number of hydrogen-bond acceptors (Lipinski definition) is 4. The van der Waals surface area contributed by atoms with E-state index in [4.69, 9.17) is 4.74 Å². The maximum atomic E-state index is 12.2. The van der Waals surface area contributed by atoms with Gasteiger partial charge in [-0.05, 0) is 26.3 Å². The lowest BCUT2D eigenvalue weighted by Crippen LogP contribution is -2.54. The first-order valence-corrected chi connectivity index (χ1v) is 7.14. The van der Waals surface area contributed by atoms with Crippen LogP contribution in [0.25, 0.3) is 0 Å². The van der Waals surface area contributed by atoms with Gasteiger partial charge in [-0.2, -0.15) is 5.10 Å². The Hall–Kier alpha value is -1.89. The summed E-state index contributed by atoms with van der Waals surface area (Å²) in [4.78, 5) is 25.3. The summed E-state index contributed by atoms with van der Waals surface area (Å²) in [6.07, 6.45) is 1.43. The molecule has 7 heteroatoms. The molecule has 0 bridgehead atoms. The number of nitrogens with zero attached hydrogens (tertiary/aromatic N) is 3. The van der Waals surface area contributed by atoms with Crippen LogP contribution in [0.3, 0.4) is 0 Å². The molecule has 2 rings (SSSR count). The molecule has 1 aliphatic rings. The van der Waals surface area contributed by atoms with Gasteiger partial charge in [0.05, 0.1) is 5.69 Å². The van der Waals surface area contributed by atoms with Crippen molar-refractivity contribution in [2.45, 2.75) is 51.9 Å². The molecule has 0 aromatic carbocycles. The van der Waals surface area contributed by atoms with E-state index in [1.54, 1.807) is 21.8 Å². The largest absolute Gasteiger partial charge is 0.479 e. The third-order valence-electron chi connectivity index (χ3n) is 3.55. The molecule has 1 amide bonds. The van der Waals surface area contributed by atoms with Crippen LogP contribution in [-0.2, 0) is 20.9 Å². The zero-order valence-electron chi connectivity index (χ0n) is 12.5. The highest BCUT2D eigenvalue weighted by Crippen LogP contribution is 2.32. The zero-order chi connectivity index (χ0) is 15.6. The number of morpholine rings is 1. The summed E-state index contributed by atoms with van der Waals surface area (Å²) in [7, 11) is 0. The van der Waals surface area contributed by atoms with Gasteiger partial charge in [0, 0.05) is 18.8 Å². The highest BCUT2D eigenvalue weighted by molar-refractivity contribution is 5.83. The molecule has 21 heavy (non-hydrogen) atoms. The predicted octanol–water partition coefficient (Wildman–Crippen LogP) is 1.05. The molecule has 0 spiro atoms. The van der Waals surface area contributed by atoms with Gasteiger partial charge in [0.1, 0.15) is 12.6 Å². The number of rotatable bonds is 5. The fourth-order valence-corrected chi connectivity index (χ4v) is 2.73. The number of amides is 1. The van der Waals surface area contributed by atoms with Crippen molar-refractivity contribution in [3.8, 4) is 0 Å². The maximum absolute atomic E-state index is 12.2. The minimum absolute atomic E-state index is 0.113. The third-order valence-corrected chi connectivity index (χ3v) is 3.55. The summed E-state index contributed by atoms with van der Waals surface area (Å²) in [5, 5.41) is 13.6. The Bertz CT molecular complexity index is 526. The lowest BCUT2D eigenvalue weighted by molar-refractivity contribution is -0.176. The summed E-state index contributed by atoms with van der Waals surface area (Å²) >= 11 is 0. The van der Waals surface area contributed by atoms with Gasteiger partial charge in [-0.15, -0.1) is 0 Å². The van der Waals surface area contributed by atoms with E-state index in [1.807, 2.05) is 20.8 Å². The normalized spacial score (nSPS) is 22.9. The molecule has 0 radical (unpaired) electrons. The Morgan fingerprint density at radius 1 is 1.57 bits per heavy atom. The van der Waals surface area contributed by atoms with Crippen molar-refractivity contribution in [3.05, 3.63) is 18.0 Å². The smallest absolute Gasteiger partial charge is 0.335 e. The molecular weight excluding hydrogens is 274 g/mol. The fourth-order valence-electron chi connectivity index (χ4n) is 2.73. The molecule has 7 nitrogen and oxygen atoms in total. The van der Waals surface area contributed by atoms with Crippen molar-refractivity contribution < 1.29 is 19.4 Å². The molecule has 1 aromatic heterocycles. The quantitative estimate of drug-likeness (QED) is 0.878. The summed E-state index contributed by atoms with van der Waals surface area (Å²) in [5.41, 5.74) is 0.700. The van der Waals surface area contributed by atoms with Gasteiger partial charge in [0.2, 0.25) is 5.91 Å². The minimum Gasteiger partial charge on any atom is -0.479 e. The molecular formula is C14H21N3O4. The van der Waals surface area contributed by atoms with E-state index in [2.05, 4.69) is 5.10 Å². The van der Waals surface area contributed by atoms with Crippen LogP contribution in [0.1, 0.15) is 38.9 Å². The average Bonchev–Trinajstić information content (AvgIpc) is 2.85. The van der Waals surface area contributed by atoms with Gasteiger partial charge in [0.15, 0.2) is 6.10 Å². The standard InChI is InChI=1S/C14H21N3O4/c1-4-7-16-10(5-6-15-16)12-13(14(19)20)21-8-11(18)17(12)9(2)3/h5-6,9,12-13H,4,7-8H2,1-3H3,(H,19,20). The van der Waals surface area contributed by atoms with Crippen LogP contribution in [-0.4, -0.2) is 50.4 Å². The Labute approximate surface area is 123 Å². The van der Waals surface area contributed by atoms with Gasteiger partial charge in [-0.1, -0.05) is 6.92 Å². The molecule has 116 valence electrons. The van der Waals surface area contributed by atoms with Gasteiger partial charge in [-0.25, -0.2) is 4.79 Å². The third kappa shape index (κ3) is 2.92. The molecule has 2 heterocycles. The number of aromatic nitrogens is 2. The number of carboxylic acid groups (broad SMARTS) is 1. The second-order valence-electron chi connectivity index (χ2n) is 5.39. The number of hydrogen-bond donors (Lipinski definition) is 1. The summed E-state index contributed by atoms with van der Waals surface area (Å²) in [6.45, 7) is 6.23. The molecule has 1 saturated heterocycles. The van der Waals surface area contributed by atoms with Crippen LogP contribution in [0.15, 0.2) is 12.3 Å². The van der Waals surface area contributed by atoms with Crippen molar-refractivity contribution >= 4 is 11.9 Å². The Morgan fingerprint density at radius 2 is 2.29 bits per heavy atom. The number of ether oxygens (including phenoxy) is 1. The van der Waals surface area contributed by atoms with Crippen molar-refractivity contribution in [2.24, 2.45) is 0 Å². The summed E-state index contributed by atoms with van der Waals surface area (Å²) < 4.78 is 7.02. The summed E-state index contributed by atoms with van der Waals surface area (Å²) in [6, 6.07) is 0.990.